The predicted octanol–water partition coefficient (Wildman–Crippen LogP) is 12.6. The molecule has 3 aromatic heterocycles. The summed E-state index contributed by atoms with van der Waals surface area (Å²) < 4.78 is 2.56. The summed E-state index contributed by atoms with van der Waals surface area (Å²) in [5.74, 6) is 0.286. The van der Waals surface area contributed by atoms with Crippen molar-refractivity contribution in [2.24, 2.45) is 10.8 Å². The molecule has 3 aromatic carbocycles. The van der Waals surface area contributed by atoms with Crippen LogP contribution in [0, 0.1) is 16.9 Å². The minimum atomic E-state index is -0.337. The van der Waals surface area contributed by atoms with E-state index >= 15 is 0 Å². The van der Waals surface area contributed by atoms with E-state index < -0.39 is 0 Å². The zero-order valence-electron chi connectivity index (χ0n) is 29.6. The van der Waals surface area contributed by atoms with Crippen LogP contribution in [0.1, 0.15) is 93.6 Å². The van der Waals surface area contributed by atoms with E-state index in [1.54, 1.807) is 29.0 Å². The third kappa shape index (κ3) is 7.16. The maximum absolute atomic E-state index is 12.2. The number of carbonyl (C=O) groups excluding carboxylic acids is 1. The minimum Gasteiger partial charge on any atom is -0.512 e. The molecule has 3 heterocycles. The van der Waals surface area contributed by atoms with Gasteiger partial charge in [0, 0.05) is 68.3 Å². The Balaban J connectivity index is 0.000000251. The van der Waals surface area contributed by atoms with E-state index in [4.69, 9.17) is 4.98 Å². The molecule has 0 atom stereocenters. The molecule has 7 heteroatoms. The molecule has 1 N–H and O–H groups in total. The topological polar surface area (TPSA) is 63.1 Å². The number of aromatic nitrogens is 2. The number of rotatable bonds is 8. The number of hydrogen-bond donors (Lipinski definition) is 1. The standard InChI is InChI=1S/C26H19N2S2.C15H28O2.Ir/c1-26(2,3)19-13-16(12-15-6-4-5-7-17(15)19)24-23-22-18-10-11-29-20(18)8-9-21(22)30-25(23)28-14-27-24;1-7-14(5,8-2)12(16)11-13(17)15(6,9-3)10-4;/h4-11,13-14H,1-3H3;11,16H,7-10H2,1-6H3;/q-1;;/b;12-11-;. The fourth-order valence-electron chi connectivity index (χ4n) is 6.01. The van der Waals surface area contributed by atoms with E-state index in [9.17, 15) is 9.90 Å². The Kier molecular flexibility index (Phi) is 11.7. The Morgan fingerprint density at radius 1 is 0.833 bits per heavy atom. The Hall–Kier alpha value is -2.96. The van der Waals surface area contributed by atoms with Gasteiger partial charge in [-0.25, -0.2) is 4.98 Å². The van der Waals surface area contributed by atoms with Crippen LogP contribution in [0.4, 0.5) is 0 Å². The van der Waals surface area contributed by atoms with Gasteiger partial charge in [-0.3, -0.25) is 9.78 Å². The van der Waals surface area contributed by atoms with E-state index in [0.717, 1.165) is 52.5 Å². The second-order valence-electron chi connectivity index (χ2n) is 14.1. The van der Waals surface area contributed by atoms with Gasteiger partial charge in [0.2, 0.25) is 0 Å². The van der Waals surface area contributed by atoms with Crippen LogP contribution in [0.2, 0.25) is 0 Å². The summed E-state index contributed by atoms with van der Waals surface area (Å²) in [7, 11) is 0. The van der Waals surface area contributed by atoms with Gasteiger partial charge in [-0.05, 0) is 54.7 Å². The zero-order chi connectivity index (χ0) is 34.1. The van der Waals surface area contributed by atoms with Gasteiger partial charge in [-0.1, -0.05) is 91.5 Å². The number of fused-ring (bicyclic) bond motifs is 6. The molecular formula is C41H47IrN2O2S2-. The molecule has 0 saturated heterocycles. The normalized spacial score (nSPS) is 12.7. The number of benzene rings is 3. The average Bonchev–Trinajstić information content (AvgIpc) is 3.71. The van der Waals surface area contributed by atoms with E-state index in [0.29, 0.717) is 0 Å². The quantitative estimate of drug-likeness (QED) is 0.0941. The Labute approximate surface area is 307 Å². The zero-order valence-corrected chi connectivity index (χ0v) is 33.6. The second-order valence-corrected chi connectivity index (χ2v) is 16.1. The van der Waals surface area contributed by atoms with Crippen LogP contribution in [0.25, 0.3) is 52.4 Å². The Bertz CT molecular complexity index is 2090. The largest absolute Gasteiger partial charge is 0.512 e. The summed E-state index contributed by atoms with van der Waals surface area (Å²) in [6.45, 7) is 18.9. The first-order valence-electron chi connectivity index (χ1n) is 16.7. The van der Waals surface area contributed by atoms with E-state index in [2.05, 4.69) is 85.7 Å². The van der Waals surface area contributed by atoms with Gasteiger partial charge in [-0.15, -0.1) is 51.8 Å². The summed E-state index contributed by atoms with van der Waals surface area (Å²) in [5.41, 5.74) is 2.75. The number of ketones is 1. The van der Waals surface area contributed by atoms with Crippen molar-refractivity contribution >= 4 is 69.6 Å². The molecule has 0 aliphatic heterocycles. The maximum Gasteiger partial charge on any atom is 0.164 e. The van der Waals surface area contributed by atoms with Crippen molar-refractivity contribution in [3.8, 4) is 11.3 Å². The first-order valence-corrected chi connectivity index (χ1v) is 18.4. The van der Waals surface area contributed by atoms with E-state index in [-0.39, 0.29) is 47.9 Å². The number of thiophene rings is 2. The van der Waals surface area contributed by atoms with Crippen molar-refractivity contribution < 1.29 is 30.0 Å². The van der Waals surface area contributed by atoms with Gasteiger partial charge < -0.3 is 5.11 Å². The smallest absolute Gasteiger partial charge is 0.164 e. The second kappa shape index (κ2) is 14.9. The molecule has 48 heavy (non-hydrogen) atoms. The van der Waals surface area contributed by atoms with Crippen LogP contribution in [-0.2, 0) is 30.3 Å². The van der Waals surface area contributed by atoms with Crippen molar-refractivity contribution in [2.75, 3.05) is 0 Å². The third-order valence-corrected chi connectivity index (χ3v) is 12.3. The van der Waals surface area contributed by atoms with Gasteiger partial charge in [-0.2, -0.15) is 0 Å². The number of carbonyl (C=O) groups is 1. The molecule has 0 amide bonds. The third-order valence-electron chi connectivity index (χ3n) is 10.3. The number of allylic oxidation sites excluding steroid dienone is 2. The number of aliphatic hydroxyl groups excluding tert-OH is 1. The van der Waals surface area contributed by atoms with E-state index in [1.165, 1.54) is 37.2 Å². The molecular weight excluding hydrogens is 809 g/mol. The predicted molar refractivity (Wildman–Crippen MR) is 204 cm³/mol. The summed E-state index contributed by atoms with van der Waals surface area (Å²) in [5, 5.41) is 18.4. The first-order chi connectivity index (χ1) is 22.3. The van der Waals surface area contributed by atoms with E-state index in [1.807, 2.05) is 41.5 Å². The van der Waals surface area contributed by atoms with Crippen molar-refractivity contribution in [3.63, 3.8) is 0 Å². The van der Waals surface area contributed by atoms with Crippen LogP contribution in [0.5, 0.6) is 0 Å². The Morgan fingerprint density at radius 3 is 2.12 bits per heavy atom. The molecule has 4 nitrogen and oxygen atoms in total. The molecule has 6 rings (SSSR count). The minimum absolute atomic E-state index is 0. The monoisotopic (exact) mass is 856 g/mol. The van der Waals surface area contributed by atoms with Crippen molar-refractivity contribution in [2.45, 2.75) is 93.4 Å². The molecule has 0 aliphatic carbocycles. The van der Waals surface area contributed by atoms with Gasteiger partial charge >= 0.3 is 0 Å². The summed E-state index contributed by atoms with van der Waals surface area (Å²) in [4.78, 5) is 22.6. The van der Waals surface area contributed by atoms with Crippen molar-refractivity contribution in [1.29, 1.82) is 0 Å². The molecule has 0 spiro atoms. The first kappa shape index (κ1) is 37.9. The number of hydrogen-bond acceptors (Lipinski definition) is 6. The van der Waals surface area contributed by atoms with Gasteiger partial charge in [0.1, 0.15) is 16.9 Å². The van der Waals surface area contributed by atoms with Crippen LogP contribution in [-0.4, -0.2) is 20.9 Å². The van der Waals surface area contributed by atoms with Gasteiger partial charge in [0.25, 0.3) is 0 Å². The summed E-state index contributed by atoms with van der Waals surface area (Å²) in [6, 6.07) is 21.1. The molecule has 255 valence electrons. The fourth-order valence-corrected chi connectivity index (χ4v) is 7.86. The number of nitrogens with zero attached hydrogens (tertiary/aromatic N) is 2. The van der Waals surface area contributed by atoms with Crippen molar-refractivity contribution in [3.05, 3.63) is 83.7 Å². The van der Waals surface area contributed by atoms with Crippen molar-refractivity contribution in [1.82, 2.24) is 9.97 Å². The molecule has 0 unspecified atom stereocenters. The van der Waals surface area contributed by atoms with Gasteiger partial charge in [0.15, 0.2) is 5.78 Å². The van der Waals surface area contributed by atoms with Crippen LogP contribution >= 0.6 is 22.7 Å². The summed E-state index contributed by atoms with van der Waals surface area (Å²) >= 11 is 3.52. The SMILES string of the molecule is CC(C)(C)c1cc(-c2ncnc3sc4ccc5sccc5c4c23)[c-]c2ccccc12.CCC(C)(CC)C(=O)/C=C(\O)C(C)(CC)CC.[Ir]. The fraction of sp³-hybridized carbons (Fsp3) is 0.390. The molecule has 0 aliphatic rings. The van der Waals surface area contributed by atoms with Gasteiger partial charge in [0.05, 0.1) is 0 Å². The molecule has 6 aromatic rings. The maximum atomic E-state index is 12.2. The molecule has 0 fully saturated rings. The van der Waals surface area contributed by atoms with Crippen LogP contribution in [0.3, 0.4) is 0 Å². The summed E-state index contributed by atoms with van der Waals surface area (Å²) in [6.07, 6.45) is 6.45. The van der Waals surface area contributed by atoms with Crippen LogP contribution < -0.4 is 0 Å². The Morgan fingerprint density at radius 2 is 1.48 bits per heavy atom. The average molecular weight is 856 g/mol. The molecule has 0 bridgehead atoms. The van der Waals surface area contributed by atoms with Crippen LogP contribution in [0.15, 0.2) is 72.1 Å². The number of aliphatic hydroxyl groups is 1. The molecule has 1 radical (unpaired) electrons. The molecule has 0 saturated carbocycles.